The molecule has 138 valence electrons. The molecular weight excluding hydrogens is 365 g/mol. The first kappa shape index (κ1) is 18.7. The number of hydrogen-bond donors (Lipinski definition) is 2. The van der Waals surface area contributed by atoms with E-state index in [1.165, 1.54) is 23.5 Å². The van der Waals surface area contributed by atoms with Gasteiger partial charge in [0.1, 0.15) is 10.8 Å². The van der Waals surface area contributed by atoms with Crippen molar-refractivity contribution < 1.29 is 14.0 Å². The first-order chi connectivity index (χ1) is 13.0. The molecule has 27 heavy (non-hydrogen) atoms. The van der Waals surface area contributed by atoms with Crippen molar-refractivity contribution in [3.63, 3.8) is 0 Å². The second-order valence-electron chi connectivity index (χ2n) is 5.93. The monoisotopic (exact) mass is 383 g/mol. The van der Waals surface area contributed by atoms with Crippen LogP contribution < -0.4 is 10.6 Å². The number of nitrogens with one attached hydrogen (secondary N) is 2. The Morgan fingerprint density at radius 1 is 1.07 bits per heavy atom. The highest BCUT2D eigenvalue weighted by atomic mass is 32.1. The molecule has 1 aromatic heterocycles. The molecule has 1 heterocycles. The van der Waals surface area contributed by atoms with Crippen LogP contribution in [-0.2, 0) is 16.0 Å². The van der Waals surface area contributed by atoms with E-state index >= 15 is 0 Å². The lowest BCUT2D eigenvalue weighted by Gasteiger charge is -2.08. The minimum absolute atomic E-state index is 0.290. The highest BCUT2D eigenvalue weighted by Gasteiger charge is 2.14. The normalized spacial score (nSPS) is 10.4. The summed E-state index contributed by atoms with van der Waals surface area (Å²) in [6.07, 6.45) is 0.501. The second kappa shape index (κ2) is 8.55. The van der Waals surface area contributed by atoms with E-state index in [4.69, 9.17) is 0 Å². The lowest BCUT2D eigenvalue weighted by molar-refractivity contribution is -0.136. The van der Waals surface area contributed by atoms with Crippen LogP contribution in [-0.4, -0.2) is 23.3 Å². The third kappa shape index (κ3) is 4.98. The van der Waals surface area contributed by atoms with Crippen LogP contribution in [0, 0.1) is 12.7 Å². The van der Waals surface area contributed by atoms with E-state index in [0.717, 1.165) is 21.8 Å². The summed E-state index contributed by atoms with van der Waals surface area (Å²) in [6.45, 7) is 2.15. The molecule has 0 atom stereocenters. The van der Waals surface area contributed by atoms with Crippen molar-refractivity contribution in [3.05, 3.63) is 71.0 Å². The number of carbonyl (C=O) groups excluding carboxylic acids is 2. The maximum atomic E-state index is 13.0. The number of anilines is 1. The number of nitrogens with zero attached hydrogens (tertiary/aromatic N) is 1. The lowest BCUT2D eigenvalue weighted by Crippen LogP contribution is -2.36. The van der Waals surface area contributed by atoms with Crippen molar-refractivity contribution in [2.75, 3.05) is 11.9 Å². The van der Waals surface area contributed by atoms with Crippen molar-refractivity contribution in [1.82, 2.24) is 10.3 Å². The number of aromatic nitrogens is 1. The summed E-state index contributed by atoms with van der Waals surface area (Å²) in [5.41, 5.74) is 3.14. The Kier molecular flexibility index (Phi) is 5.93. The summed E-state index contributed by atoms with van der Waals surface area (Å²) in [6, 6.07) is 13.4. The Hall–Kier alpha value is -3.06. The van der Waals surface area contributed by atoms with Gasteiger partial charge >= 0.3 is 11.8 Å². The topological polar surface area (TPSA) is 71.1 Å². The van der Waals surface area contributed by atoms with Gasteiger partial charge in [-0.15, -0.1) is 11.3 Å². The summed E-state index contributed by atoms with van der Waals surface area (Å²) in [4.78, 5) is 28.4. The van der Waals surface area contributed by atoms with E-state index in [0.29, 0.717) is 18.7 Å². The predicted molar refractivity (Wildman–Crippen MR) is 104 cm³/mol. The average molecular weight is 383 g/mol. The molecule has 3 rings (SSSR count). The van der Waals surface area contributed by atoms with E-state index in [2.05, 4.69) is 15.6 Å². The molecule has 2 N–H and O–H groups in total. The zero-order chi connectivity index (χ0) is 19.2. The van der Waals surface area contributed by atoms with Crippen molar-refractivity contribution in [2.45, 2.75) is 13.3 Å². The number of carbonyl (C=O) groups is 2. The average Bonchev–Trinajstić information content (AvgIpc) is 3.13. The Morgan fingerprint density at radius 2 is 1.81 bits per heavy atom. The van der Waals surface area contributed by atoms with E-state index in [9.17, 15) is 14.0 Å². The summed E-state index contributed by atoms with van der Waals surface area (Å²) >= 11 is 1.45. The number of rotatable bonds is 5. The zero-order valence-electron chi connectivity index (χ0n) is 14.7. The highest BCUT2D eigenvalue weighted by Crippen LogP contribution is 2.23. The maximum absolute atomic E-state index is 13.0. The van der Waals surface area contributed by atoms with Gasteiger partial charge in [0.25, 0.3) is 0 Å². The minimum Gasteiger partial charge on any atom is -0.347 e. The SMILES string of the molecule is Cc1ccccc1NC(=O)C(=O)NCCc1csc(-c2ccc(F)cc2)n1. The second-order valence-corrected chi connectivity index (χ2v) is 6.78. The number of hydrogen-bond acceptors (Lipinski definition) is 4. The number of aryl methyl sites for hydroxylation is 1. The zero-order valence-corrected chi connectivity index (χ0v) is 15.5. The number of para-hydroxylation sites is 1. The van der Waals surface area contributed by atoms with Crippen LogP contribution in [0.15, 0.2) is 53.9 Å². The molecule has 0 saturated heterocycles. The molecule has 5 nitrogen and oxygen atoms in total. The number of halogens is 1. The van der Waals surface area contributed by atoms with Gasteiger partial charge in [-0.1, -0.05) is 18.2 Å². The minimum atomic E-state index is -0.699. The largest absolute Gasteiger partial charge is 0.347 e. The molecule has 0 aliphatic carbocycles. The van der Waals surface area contributed by atoms with Gasteiger partial charge in [0, 0.05) is 29.6 Å². The lowest BCUT2D eigenvalue weighted by atomic mass is 10.2. The van der Waals surface area contributed by atoms with Crippen LogP contribution in [0.3, 0.4) is 0 Å². The molecule has 7 heteroatoms. The molecule has 0 saturated carbocycles. The molecule has 2 amide bonds. The summed E-state index contributed by atoms with van der Waals surface area (Å²) in [5, 5.41) is 7.86. The summed E-state index contributed by atoms with van der Waals surface area (Å²) in [5.74, 6) is -1.68. The molecular formula is C20H18FN3O2S. The fourth-order valence-electron chi connectivity index (χ4n) is 2.42. The third-order valence-electron chi connectivity index (χ3n) is 3.91. The Morgan fingerprint density at radius 3 is 2.56 bits per heavy atom. The smallest absolute Gasteiger partial charge is 0.313 e. The standard InChI is InChI=1S/C20H18FN3O2S/c1-13-4-2-3-5-17(13)24-19(26)18(25)22-11-10-16-12-27-20(23-16)14-6-8-15(21)9-7-14/h2-9,12H,10-11H2,1H3,(H,22,25)(H,24,26). The van der Waals surface area contributed by atoms with Gasteiger partial charge in [-0.05, 0) is 42.8 Å². The summed E-state index contributed by atoms with van der Waals surface area (Å²) in [7, 11) is 0. The van der Waals surface area contributed by atoms with Crippen LogP contribution in [0.25, 0.3) is 10.6 Å². The van der Waals surface area contributed by atoms with Gasteiger partial charge in [0.05, 0.1) is 5.69 Å². The van der Waals surface area contributed by atoms with Crippen molar-refractivity contribution in [1.29, 1.82) is 0 Å². The van der Waals surface area contributed by atoms with Crippen LogP contribution in [0.5, 0.6) is 0 Å². The molecule has 0 aliphatic heterocycles. The molecule has 0 fully saturated rings. The summed E-state index contributed by atoms with van der Waals surface area (Å²) < 4.78 is 13.0. The Labute approximate surface area is 160 Å². The molecule has 0 bridgehead atoms. The Bertz CT molecular complexity index is 954. The van der Waals surface area contributed by atoms with Crippen molar-refractivity contribution >= 4 is 28.8 Å². The van der Waals surface area contributed by atoms with Gasteiger partial charge in [0.2, 0.25) is 0 Å². The number of benzene rings is 2. The molecule has 0 aliphatic rings. The van der Waals surface area contributed by atoms with Crippen LogP contribution in [0.2, 0.25) is 0 Å². The number of thiazole rings is 1. The van der Waals surface area contributed by atoms with Crippen LogP contribution in [0.4, 0.5) is 10.1 Å². The van der Waals surface area contributed by atoms with Crippen LogP contribution in [0.1, 0.15) is 11.3 Å². The van der Waals surface area contributed by atoms with E-state index in [1.807, 2.05) is 24.4 Å². The molecule has 0 spiro atoms. The Balaban J connectivity index is 1.49. The van der Waals surface area contributed by atoms with Gasteiger partial charge < -0.3 is 10.6 Å². The van der Waals surface area contributed by atoms with E-state index in [-0.39, 0.29) is 5.82 Å². The van der Waals surface area contributed by atoms with Gasteiger partial charge in [-0.2, -0.15) is 0 Å². The third-order valence-corrected chi connectivity index (χ3v) is 4.85. The molecule has 2 aromatic carbocycles. The first-order valence-corrected chi connectivity index (χ1v) is 9.26. The predicted octanol–water partition coefficient (Wildman–Crippen LogP) is 3.56. The van der Waals surface area contributed by atoms with Crippen molar-refractivity contribution in [2.24, 2.45) is 0 Å². The van der Waals surface area contributed by atoms with Gasteiger partial charge in [0.15, 0.2) is 0 Å². The van der Waals surface area contributed by atoms with Crippen molar-refractivity contribution in [3.8, 4) is 10.6 Å². The molecule has 3 aromatic rings. The molecule has 0 radical (unpaired) electrons. The van der Waals surface area contributed by atoms with E-state index < -0.39 is 11.8 Å². The number of amides is 2. The fraction of sp³-hybridized carbons (Fsp3) is 0.150. The fourth-order valence-corrected chi connectivity index (χ4v) is 3.28. The van der Waals surface area contributed by atoms with Gasteiger partial charge in [-0.25, -0.2) is 9.37 Å². The first-order valence-electron chi connectivity index (χ1n) is 8.38. The quantitative estimate of drug-likeness (QED) is 0.662. The van der Waals surface area contributed by atoms with Gasteiger partial charge in [-0.3, -0.25) is 9.59 Å². The van der Waals surface area contributed by atoms with E-state index in [1.54, 1.807) is 24.3 Å². The molecule has 0 unspecified atom stereocenters. The maximum Gasteiger partial charge on any atom is 0.313 e. The van der Waals surface area contributed by atoms with Crippen LogP contribution >= 0.6 is 11.3 Å². The highest BCUT2D eigenvalue weighted by molar-refractivity contribution is 7.13.